The molecule has 0 unspecified atom stereocenters. The molecule has 1 aromatic rings. The molecule has 0 aromatic heterocycles. The van der Waals surface area contributed by atoms with Gasteiger partial charge in [-0.1, -0.05) is 0 Å². The predicted octanol–water partition coefficient (Wildman–Crippen LogP) is -1.01. The molecule has 1 aliphatic rings. The van der Waals surface area contributed by atoms with Crippen LogP contribution in [0.2, 0.25) is 0 Å². The van der Waals surface area contributed by atoms with Gasteiger partial charge in [0.15, 0.2) is 0 Å². The second-order valence-electron chi connectivity index (χ2n) is 3.98. The monoisotopic (exact) mass is 665 g/mol. The van der Waals surface area contributed by atoms with Gasteiger partial charge in [-0.05, 0) is 0 Å². The molecule has 0 bridgehead atoms. The summed E-state index contributed by atoms with van der Waals surface area (Å²) in [4.78, 5) is 38.6. The van der Waals surface area contributed by atoms with Crippen LogP contribution >= 0.6 is 0 Å². The molecule has 2 radical (unpaired) electrons. The minimum atomic E-state index is -1.04. The number of imide groups is 1. The van der Waals surface area contributed by atoms with Gasteiger partial charge in [-0.2, -0.15) is 0 Å². The minimum absolute atomic E-state index is 0.0645. The Balaban J connectivity index is 1.91. The first-order valence-corrected chi connectivity index (χ1v) is 8.82. The molecule has 6 nitrogen and oxygen atoms in total. The number of ether oxygens (including phenoxy) is 1. The van der Waals surface area contributed by atoms with Crippen LogP contribution < -0.4 is 6.44 Å². The van der Waals surface area contributed by atoms with Crippen LogP contribution in [0.25, 0.3) is 0 Å². The SMILES string of the molecule is O=C(OCc1c[c]([Po])cc[c]1[Po])ON1C(=O)CCC1=O. The van der Waals surface area contributed by atoms with Gasteiger partial charge in [-0.25, -0.2) is 0 Å². The molecule has 1 heterocycles. The normalized spacial score (nSPS) is 14.5. The van der Waals surface area contributed by atoms with E-state index in [9.17, 15) is 14.4 Å². The third kappa shape index (κ3) is 3.97. The fourth-order valence-electron chi connectivity index (χ4n) is 1.56. The molecule has 1 saturated heterocycles. The quantitative estimate of drug-likeness (QED) is 0.306. The second kappa shape index (κ2) is 6.92. The second-order valence-corrected chi connectivity index (χ2v) is 7.52. The fraction of sp³-hybridized carbons (Fsp3) is 0.250. The van der Waals surface area contributed by atoms with Gasteiger partial charge >= 0.3 is 147 Å². The maximum atomic E-state index is 11.5. The summed E-state index contributed by atoms with van der Waals surface area (Å²) in [5, 5.41) is 0.473. The van der Waals surface area contributed by atoms with E-state index in [0.29, 0.717) is 5.06 Å². The molecular weight excluding hydrogens is 656 g/mol. The van der Waals surface area contributed by atoms with E-state index in [-0.39, 0.29) is 19.4 Å². The van der Waals surface area contributed by atoms with Crippen molar-refractivity contribution in [2.24, 2.45) is 0 Å². The van der Waals surface area contributed by atoms with Gasteiger partial charge in [-0.15, -0.1) is 0 Å². The van der Waals surface area contributed by atoms with Crippen LogP contribution in [0, 0.1) is 0 Å². The number of benzene rings is 1. The molecule has 2 amide bonds. The van der Waals surface area contributed by atoms with Crippen molar-refractivity contribution in [2.75, 3.05) is 0 Å². The molecule has 104 valence electrons. The summed E-state index contributed by atoms with van der Waals surface area (Å²) in [5.74, 6) is -1.04. The molecule has 0 spiro atoms. The first-order chi connectivity index (χ1) is 9.47. The van der Waals surface area contributed by atoms with Crippen LogP contribution in [0.1, 0.15) is 18.4 Å². The molecule has 1 aliphatic heterocycles. The van der Waals surface area contributed by atoms with Crippen molar-refractivity contribution in [3.05, 3.63) is 23.8 Å². The van der Waals surface area contributed by atoms with E-state index in [1.165, 1.54) is 50.1 Å². The molecule has 1 fully saturated rings. The molecule has 0 N–H and O–H groups in total. The van der Waals surface area contributed by atoms with Gasteiger partial charge in [0.1, 0.15) is 0 Å². The Morgan fingerprint density at radius 3 is 2.50 bits per heavy atom. The van der Waals surface area contributed by atoms with Gasteiger partial charge < -0.3 is 0 Å². The molecule has 0 aliphatic carbocycles. The summed E-state index contributed by atoms with van der Waals surface area (Å²) in [6.45, 7) is 0.0645. The zero-order valence-electron chi connectivity index (χ0n) is 10.2. The summed E-state index contributed by atoms with van der Waals surface area (Å²) in [7, 11) is 0. The zero-order chi connectivity index (χ0) is 14.7. The van der Waals surface area contributed by atoms with E-state index in [2.05, 4.69) is 4.84 Å². The van der Waals surface area contributed by atoms with E-state index in [4.69, 9.17) is 4.74 Å². The summed E-state index contributed by atoms with van der Waals surface area (Å²) in [6, 6.07) is 5.95. The molecule has 2 rings (SSSR count). The Morgan fingerprint density at radius 1 is 1.20 bits per heavy atom. The average molecular weight is 665 g/mol. The van der Waals surface area contributed by atoms with Gasteiger partial charge in [0.2, 0.25) is 0 Å². The number of hydroxylamine groups is 2. The Labute approximate surface area is 146 Å². The van der Waals surface area contributed by atoms with Crippen molar-refractivity contribution in [3.8, 4) is 0 Å². The number of rotatable bonds is 3. The van der Waals surface area contributed by atoms with E-state index in [0.717, 1.165) is 12.0 Å². The number of nitrogens with zero attached hydrogens (tertiary/aromatic N) is 1. The molecular formula is C12H9NO5Po2. The van der Waals surface area contributed by atoms with Gasteiger partial charge in [0.05, 0.1) is 0 Å². The number of carbonyl (C=O) groups is 3. The van der Waals surface area contributed by atoms with Crippen molar-refractivity contribution < 1.29 is 24.0 Å². The van der Waals surface area contributed by atoms with Crippen LogP contribution in [0.5, 0.6) is 0 Å². The summed E-state index contributed by atoms with van der Waals surface area (Å²) in [5.41, 5.74) is 0.906. The van der Waals surface area contributed by atoms with E-state index in [1.54, 1.807) is 0 Å². The molecule has 8 heteroatoms. The van der Waals surface area contributed by atoms with E-state index >= 15 is 0 Å². The number of hydrogen-bond acceptors (Lipinski definition) is 5. The van der Waals surface area contributed by atoms with Crippen molar-refractivity contribution in [2.45, 2.75) is 19.4 Å². The van der Waals surface area contributed by atoms with Crippen LogP contribution in [0.15, 0.2) is 18.2 Å². The maximum absolute atomic E-state index is 11.5. The fourth-order valence-corrected chi connectivity index (χ4v) is 3.10. The number of hydrogen-bond donors (Lipinski definition) is 0. The Hall–Kier alpha value is -0.578. The van der Waals surface area contributed by atoms with Crippen molar-refractivity contribution in [3.63, 3.8) is 0 Å². The predicted molar refractivity (Wildman–Crippen MR) is 69.6 cm³/mol. The molecule has 20 heavy (non-hydrogen) atoms. The van der Waals surface area contributed by atoms with Crippen LogP contribution in [0.4, 0.5) is 4.79 Å². The van der Waals surface area contributed by atoms with Gasteiger partial charge in [-0.3, -0.25) is 0 Å². The number of amides is 2. The van der Waals surface area contributed by atoms with Crippen molar-refractivity contribution >= 4 is 74.5 Å². The van der Waals surface area contributed by atoms with Crippen LogP contribution in [-0.2, 0) is 25.8 Å². The number of carbonyl (C=O) groups excluding carboxylic acids is 3. The Kier molecular flexibility index (Phi) is 5.47. The average Bonchev–Trinajstić information content (AvgIpc) is 2.71. The Bertz CT molecular complexity index is 559. The van der Waals surface area contributed by atoms with Gasteiger partial charge in [0, 0.05) is 0 Å². The first kappa shape index (κ1) is 15.8. The molecule has 0 atom stereocenters. The Morgan fingerprint density at radius 2 is 1.85 bits per heavy atom. The summed E-state index contributed by atoms with van der Waals surface area (Å²) in [6.07, 6.45) is -0.915. The molecule has 0 saturated carbocycles. The van der Waals surface area contributed by atoms with Crippen LogP contribution in [0.3, 0.4) is 0 Å². The third-order valence-corrected chi connectivity index (χ3v) is 5.08. The van der Waals surface area contributed by atoms with E-state index < -0.39 is 18.0 Å². The summed E-state index contributed by atoms with van der Waals surface area (Å²) >= 11 is 2.60. The van der Waals surface area contributed by atoms with Gasteiger partial charge in [0.25, 0.3) is 0 Å². The third-order valence-electron chi connectivity index (χ3n) is 2.55. The first-order valence-electron chi connectivity index (χ1n) is 5.65. The topological polar surface area (TPSA) is 72.9 Å². The van der Waals surface area contributed by atoms with Crippen molar-refractivity contribution in [1.29, 1.82) is 0 Å². The summed E-state index contributed by atoms with van der Waals surface area (Å²) < 4.78 is 7.16. The molecule has 1 aromatic carbocycles. The van der Waals surface area contributed by atoms with E-state index in [1.807, 2.05) is 18.2 Å². The zero-order valence-corrected chi connectivity index (χ0v) is 16.5. The van der Waals surface area contributed by atoms with Crippen molar-refractivity contribution in [1.82, 2.24) is 5.06 Å². The standard InChI is InChI=1S/C12H9NO5.2Po/c14-10-6-7-11(15)13(10)18-12(16)17-8-9-4-2-1-3-5-9;;/h1-2,5H,6-8H2;;. The van der Waals surface area contributed by atoms with Crippen LogP contribution in [-0.4, -0.2) is 73.2 Å².